The van der Waals surface area contributed by atoms with Gasteiger partial charge in [-0.3, -0.25) is 0 Å². The number of ether oxygens (including phenoxy) is 3. The van der Waals surface area contributed by atoms with Crippen molar-refractivity contribution in [2.75, 3.05) is 19.5 Å². The molecule has 4 heteroatoms. The zero-order valence-corrected chi connectivity index (χ0v) is 11.2. The van der Waals surface area contributed by atoms with Gasteiger partial charge in [0.25, 0.3) is 0 Å². The Balaban J connectivity index is 1.94. The van der Waals surface area contributed by atoms with Crippen LogP contribution in [0.5, 0.6) is 11.5 Å². The standard InChI is InChI=1S/C14H21NO3/c1-14(2)7-6-11(18-14)9-17-13-8-10(16-3)4-5-12(13)15/h4-5,8,11H,6-7,9,15H2,1-3H3. The average molecular weight is 251 g/mol. The highest BCUT2D eigenvalue weighted by molar-refractivity contribution is 5.55. The maximum Gasteiger partial charge on any atom is 0.146 e. The number of benzene rings is 1. The molecule has 2 N–H and O–H groups in total. The fourth-order valence-corrected chi connectivity index (χ4v) is 2.14. The summed E-state index contributed by atoms with van der Waals surface area (Å²) < 4.78 is 16.7. The van der Waals surface area contributed by atoms with E-state index in [0.29, 0.717) is 18.0 Å². The molecule has 1 heterocycles. The first-order valence-electron chi connectivity index (χ1n) is 6.24. The topological polar surface area (TPSA) is 53.7 Å². The molecular weight excluding hydrogens is 230 g/mol. The molecule has 1 unspecified atom stereocenters. The van der Waals surface area contributed by atoms with Crippen LogP contribution in [0.25, 0.3) is 0 Å². The molecule has 1 aliphatic rings. The number of hydrogen-bond donors (Lipinski definition) is 1. The lowest BCUT2D eigenvalue weighted by molar-refractivity contribution is -0.0325. The Hall–Kier alpha value is -1.42. The minimum Gasteiger partial charge on any atom is -0.497 e. The molecule has 1 aliphatic heterocycles. The quantitative estimate of drug-likeness (QED) is 0.836. The molecular formula is C14H21NO3. The van der Waals surface area contributed by atoms with Crippen molar-refractivity contribution in [2.24, 2.45) is 0 Å². The summed E-state index contributed by atoms with van der Waals surface area (Å²) in [7, 11) is 1.62. The number of hydrogen-bond acceptors (Lipinski definition) is 4. The molecule has 1 aromatic rings. The summed E-state index contributed by atoms with van der Waals surface area (Å²) in [6, 6.07) is 5.40. The van der Waals surface area contributed by atoms with E-state index in [-0.39, 0.29) is 11.7 Å². The van der Waals surface area contributed by atoms with E-state index in [2.05, 4.69) is 13.8 Å². The summed E-state index contributed by atoms with van der Waals surface area (Å²) in [6.07, 6.45) is 2.23. The van der Waals surface area contributed by atoms with Crippen LogP contribution in [-0.4, -0.2) is 25.4 Å². The van der Waals surface area contributed by atoms with Crippen LogP contribution in [0.4, 0.5) is 5.69 Å². The molecule has 1 fully saturated rings. The van der Waals surface area contributed by atoms with Gasteiger partial charge in [0.2, 0.25) is 0 Å². The Labute approximate surface area is 108 Å². The Morgan fingerprint density at radius 2 is 2.22 bits per heavy atom. The molecule has 0 aliphatic carbocycles. The minimum atomic E-state index is -0.0338. The Morgan fingerprint density at radius 3 is 2.83 bits per heavy atom. The van der Waals surface area contributed by atoms with Crippen LogP contribution in [0.2, 0.25) is 0 Å². The zero-order chi connectivity index (χ0) is 13.2. The van der Waals surface area contributed by atoms with E-state index >= 15 is 0 Å². The summed E-state index contributed by atoms with van der Waals surface area (Å²) in [4.78, 5) is 0. The first-order valence-corrected chi connectivity index (χ1v) is 6.24. The molecule has 0 amide bonds. The predicted octanol–water partition coefficient (Wildman–Crippen LogP) is 2.61. The van der Waals surface area contributed by atoms with Gasteiger partial charge in [0, 0.05) is 6.07 Å². The van der Waals surface area contributed by atoms with Crippen LogP contribution in [0.3, 0.4) is 0 Å². The second-order valence-electron chi connectivity index (χ2n) is 5.25. The van der Waals surface area contributed by atoms with Gasteiger partial charge in [-0.2, -0.15) is 0 Å². The van der Waals surface area contributed by atoms with Gasteiger partial charge in [-0.1, -0.05) is 0 Å². The van der Waals surface area contributed by atoms with Crippen molar-refractivity contribution >= 4 is 5.69 Å². The molecule has 0 radical (unpaired) electrons. The summed E-state index contributed by atoms with van der Waals surface area (Å²) in [5.74, 6) is 1.40. The van der Waals surface area contributed by atoms with Crippen molar-refractivity contribution in [3.8, 4) is 11.5 Å². The van der Waals surface area contributed by atoms with Crippen molar-refractivity contribution < 1.29 is 14.2 Å². The fraction of sp³-hybridized carbons (Fsp3) is 0.571. The lowest BCUT2D eigenvalue weighted by Gasteiger charge is -2.19. The fourth-order valence-electron chi connectivity index (χ4n) is 2.14. The molecule has 0 bridgehead atoms. The second kappa shape index (κ2) is 5.06. The summed E-state index contributed by atoms with van der Waals surface area (Å²) in [6.45, 7) is 4.74. The molecule has 2 rings (SSSR count). The molecule has 1 aromatic carbocycles. The average Bonchev–Trinajstić information content (AvgIpc) is 2.68. The third kappa shape index (κ3) is 3.07. The van der Waals surface area contributed by atoms with Crippen molar-refractivity contribution in [2.45, 2.75) is 38.4 Å². The first-order chi connectivity index (χ1) is 8.50. The number of rotatable bonds is 4. The van der Waals surface area contributed by atoms with Gasteiger partial charge in [0.15, 0.2) is 0 Å². The smallest absolute Gasteiger partial charge is 0.146 e. The number of nitrogen functional groups attached to an aromatic ring is 1. The third-order valence-corrected chi connectivity index (χ3v) is 3.20. The Morgan fingerprint density at radius 1 is 1.44 bits per heavy atom. The normalized spacial score (nSPS) is 21.8. The van der Waals surface area contributed by atoms with Gasteiger partial charge >= 0.3 is 0 Å². The van der Waals surface area contributed by atoms with Gasteiger partial charge in [0.1, 0.15) is 18.1 Å². The van der Waals surface area contributed by atoms with Gasteiger partial charge in [-0.05, 0) is 38.8 Å². The predicted molar refractivity (Wildman–Crippen MR) is 71.1 cm³/mol. The largest absolute Gasteiger partial charge is 0.497 e. The highest BCUT2D eigenvalue weighted by atomic mass is 16.6. The molecule has 1 atom stereocenters. The van der Waals surface area contributed by atoms with Gasteiger partial charge in [-0.25, -0.2) is 0 Å². The van der Waals surface area contributed by atoms with E-state index in [1.54, 1.807) is 19.2 Å². The van der Waals surface area contributed by atoms with Gasteiger partial charge in [0.05, 0.1) is 24.5 Å². The maximum atomic E-state index is 5.87. The van der Waals surface area contributed by atoms with E-state index in [4.69, 9.17) is 19.9 Å². The van der Waals surface area contributed by atoms with Crippen LogP contribution in [0, 0.1) is 0 Å². The van der Waals surface area contributed by atoms with Crippen molar-refractivity contribution in [3.05, 3.63) is 18.2 Å². The number of methoxy groups -OCH3 is 1. The maximum absolute atomic E-state index is 5.87. The Bertz CT molecular complexity index is 418. The highest BCUT2D eigenvalue weighted by Gasteiger charge is 2.31. The number of anilines is 1. The summed E-state index contributed by atoms with van der Waals surface area (Å²) >= 11 is 0. The molecule has 0 aromatic heterocycles. The van der Waals surface area contributed by atoms with Crippen LogP contribution in [0.15, 0.2) is 18.2 Å². The van der Waals surface area contributed by atoms with E-state index in [1.165, 1.54) is 0 Å². The SMILES string of the molecule is COc1ccc(N)c(OCC2CCC(C)(C)O2)c1. The summed E-state index contributed by atoms with van der Waals surface area (Å²) in [5, 5.41) is 0. The van der Waals surface area contributed by atoms with Crippen LogP contribution >= 0.6 is 0 Å². The number of nitrogens with two attached hydrogens (primary N) is 1. The van der Waals surface area contributed by atoms with E-state index in [0.717, 1.165) is 18.6 Å². The molecule has 18 heavy (non-hydrogen) atoms. The van der Waals surface area contributed by atoms with E-state index < -0.39 is 0 Å². The van der Waals surface area contributed by atoms with Gasteiger partial charge in [-0.15, -0.1) is 0 Å². The molecule has 100 valence electrons. The minimum absolute atomic E-state index is 0.0338. The van der Waals surface area contributed by atoms with Crippen molar-refractivity contribution in [1.29, 1.82) is 0 Å². The molecule has 4 nitrogen and oxygen atoms in total. The lowest BCUT2D eigenvalue weighted by Crippen LogP contribution is -2.24. The van der Waals surface area contributed by atoms with E-state index in [9.17, 15) is 0 Å². The first kappa shape index (κ1) is 13.0. The van der Waals surface area contributed by atoms with E-state index in [1.807, 2.05) is 6.07 Å². The molecule has 1 saturated heterocycles. The summed E-state index contributed by atoms with van der Waals surface area (Å²) in [5.41, 5.74) is 6.45. The second-order valence-corrected chi connectivity index (χ2v) is 5.25. The zero-order valence-electron chi connectivity index (χ0n) is 11.2. The lowest BCUT2D eigenvalue weighted by atomic mass is 10.1. The van der Waals surface area contributed by atoms with Crippen molar-refractivity contribution in [3.63, 3.8) is 0 Å². The van der Waals surface area contributed by atoms with Crippen LogP contribution in [0.1, 0.15) is 26.7 Å². The molecule has 0 saturated carbocycles. The highest BCUT2D eigenvalue weighted by Crippen LogP contribution is 2.31. The van der Waals surface area contributed by atoms with Crippen LogP contribution in [-0.2, 0) is 4.74 Å². The molecule has 0 spiro atoms. The van der Waals surface area contributed by atoms with Gasteiger partial charge < -0.3 is 19.9 Å². The Kier molecular flexibility index (Phi) is 3.66. The monoisotopic (exact) mass is 251 g/mol. The third-order valence-electron chi connectivity index (χ3n) is 3.20. The van der Waals surface area contributed by atoms with Crippen molar-refractivity contribution in [1.82, 2.24) is 0 Å². The van der Waals surface area contributed by atoms with Crippen LogP contribution < -0.4 is 15.2 Å².